The molecule has 0 radical (unpaired) electrons. The van der Waals surface area contributed by atoms with Gasteiger partial charge in [0.1, 0.15) is 0 Å². The van der Waals surface area contributed by atoms with E-state index in [0.717, 1.165) is 29.8 Å². The van der Waals surface area contributed by atoms with E-state index in [1.807, 2.05) is 0 Å². The van der Waals surface area contributed by atoms with Crippen LogP contribution in [0.5, 0.6) is 0 Å². The molecule has 4 atom stereocenters. The summed E-state index contributed by atoms with van der Waals surface area (Å²) in [6.45, 7) is 12.0. The Labute approximate surface area is 175 Å². The summed E-state index contributed by atoms with van der Waals surface area (Å²) in [6, 6.07) is 1.63. The van der Waals surface area contributed by atoms with Crippen molar-refractivity contribution in [3.8, 4) is 0 Å². The Hall–Kier alpha value is 2.48. The molecule has 1 aliphatic rings. The van der Waals surface area contributed by atoms with Gasteiger partial charge in [0.15, 0.2) is 0 Å². The van der Waals surface area contributed by atoms with Crippen LogP contribution >= 0.6 is 0 Å². The molecule has 0 aromatic carbocycles. The van der Waals surface area contributed by atoms with Crippen LogP contribution in [0, 0.1) is 93.2 Å². The summed E-state index contributed by atoms with van der Waals surface area (Å²) in [5, 5.41) is 0. The first-order valence-electron chi connectivity index (χ1n) is 7.34. The van der Waals surface area contributed by atoms with E-state index in [0.29, 0.717) is 0 Å². The second-order valence-corrected chi connectivity index (χ2v) is 5.62. The molecule has 1 aliphatic heterocycles. The number of hydrogen-bond acceptors (Lipinski definition) is 1. The van der Waals surface area contributed by atoms with Gasteiger partial charge in [0, 0.05) is 87.6 Å². The molecule has 18 heavy (non-hydrogen) atoms. The Kier molecular flexibility index (Phi) is 14.0. The molecule has 0 bridgehead atoms. The van der Waals surface area contributed by atoms with Crippen molar-refractivity contribution in [2.24, 2.45) is 17.8 Å². The zero-order chi connectivity index (χ0) is 12.3. The molecule has 0 N–H and O–H groups in total. The number of piperidine rings is 1. The molecule has 0 aromatic rings. The molecule has 1 nitrogen and oxygen atoms in total. The summed E-state index contributed by atoms with van der Waals surface area (Å²) < 4.78 is 0. The Bertz CT molecular complexity index is 169. The van der Waals surface area contributed by atoms with Crippen molar-refractivity contribution < 1.29 is 75.5 Å². The van der Waals surface area contributed by atoms with Crippen molar-refractivity contribution in [1.82, 2.24) is 4.90 Å². The molecule has 1 heterocycles. The van der Waals surface area contributed by atoms with Crippen LogP contribution in [0.25, 0.3) is 0 Å². The van der Waals surface area contributed by atoms with Crippen LogP contribution in [-0.2, 0) is 0 Å². The van der Waals surface area contributed by atoms with Crippen LogP contribution in [0.1, 0.15) is 60.3 Å². The molecule has 4 unspecified atom stereocenters. The first-order valence-corrected chi connectivity index (χ1v) is 7.34. The van der Waals surface area contributed by atoms with E-state index in [1.54, 1.807) is 0 Å². The molecular weight excluding hydrogens is 274 g/mol. The monoisotopic (exact) mass is 305 g/mol. The van der Waals surface area contributed by atoms with Gasteiger partial charge in [-0.05, 0) is 37.6 Å². The van der Waals surface area contributed by atoms with Crippen LogP contribution in [0.4, 0.5) is 0 Å². The third kappa shape index (κ3) is 4.75. The number of hydrogen-bond donors (Lipinski definition) is 0. The Morgan fingerprint density at radius 1 is 0.722 bits per heavy atom. The fourth-order valence-electron chi connectivity index (χ4n) is 4.34. The maximum absolute atomic E-state index is 2.70. The Morgan fingerprint density at radius 2 is 1.06 bits per heavy atom. The summed E-state index contributed by atoms with van der Waals surface area (Å²) in [6.07, 6.45) is 5.31. The van der Waals surface area contributed by atoms with Crippen LogP contribution in [0.15, 0.2) is 0 Å². The second kappa shape index (κ2) is 11.1. The molecule has 0 amide bonds. The van der Waals surface area contributed by atoms with E-state index >= 15 is 0 Å². The summed E-state index contributed by atoms with van der Waals surface area (Å²) in [4.78, 5) is 2.70. The minimum absolute atomic E-state index is 0. The topological polar surface area (TPSA) is 3.24 Å². The molecule has 0 aromatic heterocycles. The molecule has 0 aliphatic carbocycles. The van der Waals surface area contributed by atoms with Crippen LogP contribution in [-0.4, -0.2) is 24.0 Å². The van der Waals surface area contributed by atoms with Crippen molar-refractivity contribution in [2.75, 3.05) is 7.05 Å². The third-order valence-corrected chi connectivity index (χ3v) is 5.16. The Morgan fingerprint density at radius 3 is 1.28 bits per heavy atom. The first-order chi connectivity index (χ1) is 7.62. The van der Waals surface area contributed by atoms with Crippen molar-refractivity contribution in [1.29, 1.82) is 0 Å². The van der Waals surface area contributed by atoms with Crippen molar-refractivity contribution in [3.05, 3.63) is 0 Å². The fourth-order valence-corrected chi connectivity index (χ4v) is 4.34. The second-order valence-electron chi connectivity index (χ2n) is 5.62. The minimum Gasteiger partial charge on any atom is -0.300 e. The van der Waals surface area contributed by atoms with Crippen molar-refractivity contribution in [3.63, 3.8) is 0 Å². The standard InChI is InChI=1S/C15H31N.2Ar/c1-7-12-11(5)13(8-2)15(10-4)16(6)14(12)9-3;;/h11-15H,7-10H2,1-6H3;;. The summed E-state index contributed by atoms with van der Waals surface area (Å²) in [5.41, 5.74) is 0. The largest absolute Gasteiger partial charge is 0.300 e. The number of nitrogens with zero attached hydrogens (tertiary/aromatic N) is 1. The summed E-state index contributed by atoms with van der Waals surface area (Å²) in [7, 11) is 2.36. The average molecular weight is 305 g/mol. The zero-order valence-electron chi connectivity index (χ0n) is 12.9. The van der Waals surface area contributed by atoms with Crippen LogP contribution < -0.4 is 0 Å². The molecule has 1 rings (SSSR count). The zero-order valence-corrected chi connectivity index (χ0v) is 14.3. The molecular formula is C15H31Ar2N. The smallest absolute Gasteiger partial charge is 0.0123 e. The van der Waals surface area contributed by atoms with E-state index in [-0.39, 0.29) is 75.5 Å². The van der Waals surface area contributed by atoms with Crippen molar-refractivity contribution >= 4 is 0 Å². The van der Waals surface area contributed by atoms with E-state index in [1.165, 1.54) is 25.7 Å². The maximum atomic E-state index is 2.70. The SMILES string of the molecule is CCC1C(C)C(CC)C(CC)N(C)C1CC.[Ar].[Ar]. The Balaban J connectivity index is 0. The van der Waals surface area contributed by atoms with Gasteiger partial charge in [-0.1, -0.05) is 47.5 Å². The quantitative estimate of drug-likeness (QED) is 0.753. The molecule has 3 heteroatoms. The molecule has 112 valence electrons. The number of likely N-dealkylation sites (tertiary alicyclic amines) is 1. The van der Waals surface area contributed by atoms with Crippen LogP contribution in [0.2, 0.25) is 0 Å². The molecule has 0 spiro atoms. The summed E-state index contributed by atoms with van der Waals surface area (Å²) >= 11 is 0. The number of rotatable bonds is 4. The molecule has 0 saturated carbocycles. The first kappa shape index (κ1) is 22.8. The van der Waals surface area contributed by atoms with Crippen molar-refractivity contribution in [2.45, 2.75) is 72.4 Å². The fraction of sp³-hybridized carbons (Fsp3) is 1.00. The van der Waals surface area contributed by atoms with Gasteiger partial charge in [0.05, 0.1) is 0 Å². The van der Waals surface area contributed by atoms with E-state index in [2.05, 4.69) is 46.6 Å². The predicted molar refractivity (Wildman–Crippen MR) is 72.6 cm³/mol. The molecule has 1 fully saturated rings. The van der Waals surface area contributed by atoms with Gasteiger partial charge in [0.25, 0.3) is 0 Å². The third-order valence-electron chi connectivity index (χ3n) is 5.16. The van der Waals surface area contributed by atoms with E-state index in [9.17, 15) is 0 Å². The van der Waals surface area contributed by atoms with Gasteiger partial charge in [-0.25, -0.2) is 0 Å². The van der Waals surface area contributed by atoms with Crippen LogP contribution in [0.3, 0.4) is 0 Å². The van der Waals surface area contributed by atoms with E-state index < -0.39 is 0 Å². The van der Waals surface area contributed by atoms with Gasteiger partial charge in [0.2, 0.25) is 0 Å². The average Bonchev–Trinajstić information content (AvgIpc) is 2.30. The molecule has 1 saturated heterocycles. The predicted octanol–water partition coefficient (Wildman–Crippen LogP) is 4.18. The minimum atomic E-state index is 0. The normalized spacial score (nSPS) is 36.7. The van der Waals surface area contributed by atoms with Gasteiger partial charge >= 0.3 is 0 Å². The van der Waals surface area contributed by atoms with Gasteiger partial charge in [-0.2, -0.15) is 0 Å². The summed E-state index contributed by atoms with van der Waals surface area (Å²) in [5.74, 6) is 2.71. The van der Waals surface area contributed by atoms with Gasteiger partial charge in [-0.3, -0.25) is 4.90 Å². The maximum Gasteiger partial charge on any atom is 0.0123 e. The van der Waals surface area contributed by atoms with Gasteiger partial charge < -0.3 is 0 Å². The van der Waals surface area contributed by atoms with Gasteiger partial charge in [-0.15, -0.1) is 0 Å². The van der Waals surface area contributed by atoms with E-state index in [4.69, 9.17) is 0 Å².